The number of hydrogen-bond acceptors (Lipinski definition) is 2. The van der Waals surface area contributed by atoms with Crippen molar-refractivity contribution in [2.75, 3.05) is 26.3 Å². The first kappa shape index (κ1) is 12.1. The number of nitrogens with two attached hydrogens (primary N) is 1. The summed E-state index contributed by atoms with van der Waals surface area (Å²) < 4.78 is 11.8. The van der Waals surface area contributed by atoms with Crippen LogP contribution >= 0.6 is 12.4 Å². The molecule has 0 radical (unpaired) electrons. The van der Waals surface area contributed by atoms with Crippen molar-refractivity contribution >= 4 is 12.4 Å². The minimum atomic E-state index is -0.208. The molecule has 2 unspecified atom stereocenters. The molecule has 0 saturated carbocycles. The summed E-state index contributed by atoms with van der Waals surface area (Å²) in [6.45, 7) is 4.80. The van der Waals surface area contributed by atoms with Crippen LogP contribution in [0.2, 0.25) is 0 Å². The molecule has 1 aliphatic rings. The van der Waals surface area contributed by atoms with Crippen LogP contribution in [0, 0.1) is 5.92 Å². The van der Waals surface area contributed by atoms with Gasteiger partial charge < -0.3 is 10.6 Å². The van der Waals surface area contributed by atoms with Gasteiger partial charge in [0.25, 0.3) is 0 Å². The Hall–Kier alpha value is 0.140. The summed E-state index contributed by atoms with van der Waals surface area (Å²) in [5.41, 5.74) is 5.80. The number of alkyl halides is 1. The summed E-state index contributed by atoms with van der Waals surface area (Å²) in [4.78, 5) is 2.24. The number of halogens is 2. The Morgan fingerprint density at radius 2 is 2.17 bits per heavy atom. The van der Waals surface area contributed by atoms with Crippen LogP contribution in [0.5, 0.6) is 0 Å². The fraction of sp³-hybridized carbons (Fsp3) is 1.00. The van der Waals surface area contributed by atoms with Gasteiger partial charge in [-0.15, -0.1) is 12.4 Å². The van der Waals surface area contributed by atoms with E-state index in [4.69, 9.17) is 5.73 Å². The fourth-order valence-corrected chi connectivity index (χ4v) is 1.56. The summed E-state index contributed by atoms with van der Waals surface area (Å²) in [6, 6.07) is 0.301. The molecule has 0 bridgehead atoms. The third kappa shape index (κ3) is 3.25. The molecule has 2 atom stereocenters. The molecule has 1 aliphatic heterocycles. The Labute approximate surface area is 79.7 Å². The van der Waals surface area contributed by atoms with Crippen molar-refractivity contribution in [1.82, 2.24) is 4.90 Å². The number of hydrogen-bond donors (Lipinski definition) is 1. The lowest BCUT2D eigenvalue weighted by Gasteiger charge is -2.12. The first-order valence-electron chi connectivity index (χ1n) is 4.28. The molecule has 0 aromatic carbocycles. The highest BCUT2D eigenvalue weighted by atomic mass is 35.5. The monoisotopic (exact) mass is 196 g/mol. The van der Waals surface area contributed by atoms with E-state index in [1.807, 2.05) is 0 Å². The lowest BCUT2D eigenvalue weighted by atomic mass is 10.1. The maximum atomic E-state index is 11.8. The van der Waals surface area contributed by atoms with Crippen molar-refractivity contribution in [3.63, 3.8) is 0 Å². The Morgan fingerprint density at radius 1 is 1.50 bits per heavy atom. The fourth-order valence-electron chi connectivity index (χ4n) is 1.56. The molecule has 12 heavy (non-hydrogen) atoms. The van der Waals surface area contributed by atoms with Gasteiger partial charge in [-0.1, -0.05) is 6.92 Å². The smallest absolute Gasteiger partial charge is 0.0906 e. The maximum absolute atomic E-state index is 11.8. The lowest BCUT2D eigenvalue weighted by Crippen LogP contribution is -2.29. The molecule has 1 saturated heterocycles. The van der Waals surface area contributed by atoms with Gasteiger partial charge in [0.1, 0.15) is 0 Å². The summed E-state index contributed by atoms with van der Waals surface area (Å²) in [5, 5.41) is 0. The van der Waals surface area contributed by atoms with E-state index in [2.05, 4.69) is 11.8 Å². The topological polar surface area (TPSA) is 29.3 Å². The van der Waals surface area contributed by atoms with Gasteiger partial charge in [-0.05, 0) is 12.3 Å². The van der Waals surface area contributed by atoms with E-state index in [0.717, 1.165) is 19.6 Å². The van der Waals surface area contributed by atoms with Crippen LogP contribution in [0.15, 0.2) is 0 Å². The van der Waals surface area contributed by atoms with Crippen LogP contribution in [-0.4, -0.2) is 37.3 Å². The summed E-state index contributed by atoms with van der Waals surface area (Å²) >= 11 is 0. The second-order valence-electron chi connectivity index (χ2n) is 3.44. The third-order valence-electron chi connectivity index (χ3n) is 2.35. The minimum absolute atomic E-state index is 0. The normalized spacial score (nSPS) is 30.2. The first-order valence-corrected chi connectivity index (χ1v) is 4.28. The average molecular weight is 197 g/mol. The maximum Gasteiger partial charge on any atom is 0.0906 e. The van der Waals surface area contributed by atoms with Gasteiger partial charge in [-0.3, -0.25) is 4.39 Å². The molecule has 1 rings (SSSR count). The van der Waals surface area contributed by atoms with Crippen molar-refractivity contribution in [1.29, 1.82) is 0 Å². The van der Waals surface area contributed by atoms with Crippen LogP contribution in [0.1, 0.15) is 13.3 Å². The molecule has 0 amide bonds. The van der Waals surface area contributed by atoms with Crippen LogP contribution in [0.25, 0.3) is 0 Å². The van der Waals surface area contributed by atoms with E-state index in [1.54, 1.807) is 0 Å². The van der Waals surface area contributed by atoms with E-state index in [1.165, 1.54) is 0 Å². The summed E-state index contributed by atoms with van der Waals surface area (Å²) in [6.07, 6.45) is 0.652. The average Bonchev–Trinajstić information content (AvgIpc) is 2.28. The van der Waals surface area contributed by atoms with Crippen LogP contribution in [-0.2, 0) is 0 Å². The van der Waals surface area contributed by atoms with Crippen molar-refractivity contribution in [3.05, 3.63) is 0 Å². The lowest BCUT2D eigenvalue weighted by molar-refractivity contribution is 0.303. The minimum Gasteiger partial charge on any atom is -0.326 e. The zero-order valence-electron chi connectivity index (χ0n) is 7.50. The first-order chi connectivity index (χ1) is 5.24. The van der Waals surface area contributed by atoms with Crippen LogP contribution in [0.3, 0.4) is 0 Å². The molecular weight excluding hydrogens is 179 g/mol. The SMILES string of the molecule is CC1CN(CCCF)CC1N.Cl. The van der Waals surface area contributed by atoms with Crippen molar-refractivity contribution < 1.29 is 4.39 Å². The van der Waals surface area contributed by atoms with Gasteiger partial charge in [0, 0.05) is 25.7 Å². The highest BCUT2D eigenvalue weighted by molar-refractivity contribution is 5.85. The predicted molar refractivity (Wildman–Crippen MR) is 51.4 cm³/mol. The molecule has 0 aromatic heterocycles. The predicted octanol–water partition coefficient (Wildman–Crippen LogP) is 1.05. The molecule has 4 heteroatoms. The molecule has 0 aliphatic carbocycles. The Kier molecular flexibility index (Phi) is 5.80. The molecule has 1 heterocycles. The Morgan fingerprint density at radius 3 is 2.58 bits per heavy atom. The molecule has 2 nitrogen and oxygen atoms in total. The van der Waals surface area contributed by atoms with Gasteiger partial charge in [0.15, 0.2) is 0 Å². The van der Waals surface area contributed by atoms with E-state index < -0.39 is 0 Å². The van der Waals surface area contributed by atoms with Gasteiger partial charge in [0.05, 0.1) is 6.67 Å². The molecule has 2 N–H and O–H groups in total. The van der Waals surface area contributed by atoms with Gasteiger partial charge in [-0.25, -0.2) is 0 Å². The second-order valence-corrected chi connectivity index (χ2v) is 3.44. The van der Waals surface area contributed by atoms with Gasteiger partial charge in [-0.2, -0.15) is 0 Å². The zero-order valence-corrected chi connectivity index (χ0v) is 8.32. The summed E-state index contributed by atoms with van der Waals surface area (Å²) in [7, 11) is 0. The molecule has 1 fully saturated rings. The van der Waals surface area contributed by atoms with Crippen molar-refractivity contribution in [2.24, 2.45) is 11.7 Å². The quantitative estimate of drug-likeness (QED) is 0.731. The van der Waals surface area contributed by atoms with E-state index >= 15 is 0 Å². The number of rotatable bonds is 3. The third-order valence-corrected chi connectivity index (χ3v) is 2.35. The van der Waals surface area contributed by atoms with Crippen LogP contribution in [0.4, 0.5) is 4.39 Å². The van der Waals surface area contributed by atoms with Gasteiger partial charge in [0.2, 0.25) is 0 Å². The van der Waals surface area contributed by atoms with Crippen LogP contribution < -0.4 is 5.73 Å². The Bertz CT molecular complexity index is 114. The van der Waals surface area contributed by atoms with Crippen molar-refractivity contribution in [3.8, 4) is 0 Å². The van der Waals surface area contributed by atoms with E-state index in [-0.39, 0.29) is 19.1 Å². The summed E-state index contributed by atoms with van der Waals surface area (Å²) in [5.74, 6) is 0.578. The number of likely N-dealkylation sites (tertiary alicyclic amines) is 1. The highest BCUT2D eigenvalue weighted by Gasteiger charge is 2.25. The molecule has 74 valence electrons. The van der Waals surface area contributed by atoms with E-state index in [9.17, 15) is 4.39 Å². The van der Waals surface area contributed by atoms with Crippen molar-refractivity contribution in [2.45, 2.75) is 19.4 Å². The number of nitrogens with zero attached hydrogens (tertiary/aromatic N) is 1. The highest BCUT2D eigenvalue weighted by Crippen LogP contribution is 2.13. The van der Waals surface area contributed by atoms with E-state index in [0.29, 0.717) is 18.4 Å². The largest absolute Gasteiger partial charge is 0.326 e. The zero-order chi connectivity index (χ0) is 8.27. The standard InChI is InChI=1S/C8H17FN2.ClH/c1-7-5-11(4-2-3-9)6-8(7)10;/h7-8H,2-6,10H2,1H3;1H. The Balaban J connectivity index is 0.00000121. The second kappa shape index (κ2) is 5.73. The molecular formula is C8H18ClFN2. The molecule has 0 spiro atoms. The van der Waals surface area contributed by atoms with Gasteiger partial charge >= 0.3 is 0 Å². The molecule has 0 aromatic rings.